The molecule has 1 atom stereocenters. The van der Waals surface area contributed by atoms with Crippen LogP contribution in [-0.4, -0.2) is 16.2 Å². The van der Waals surface area contributed by atoms with Gasteiger partial charge in [0.1, 0.15) is 5.75 Å². The summed E-state index contributed by atoms with van der Waals surface area (Å²) in [6.07, 6.45) is -1.06. The summed E-state index contributed by atoms with van der Waals surface area (Å²) in [6.45, 7) is -0.111. The molecule has 0 bridgehead atoms. The summed E-state index contributed by atoms with van der Waals surface area (Å²) in [5, 5.41) is 18.3. The third-order valence-corrected chi connectivity index (χ3v) is 2.66. The molecule has 0 spiro atoms. The van der Waals surface area contributed by atoms with Crippen molar-refractivity contribution in [3.8, 4) is 5.75 Å². The van der Waals surface area contributed by atoms with Crippen molar-refractivity contribution in [2.24, 2.45) is 0 Å². The molecule has 0 aliphatic carbocycles. The number of carbonyl (C=O) groups is 1. The molecule has 0 aromatic heterocycles. The van der Waals surface area contributed by atoms with E-state index in [0.717, 1.165) is 0 Å². The highest BCUT2D eigenvalue weighted by atomic mass is 16.5. The summed E-state index contributed by atoms with van der Waals surface area (Å²) in [5.74, 6) is -0.636. The number of aliphatic carboxylic acids is 1. The number of hydrogen-bond donors (Lipinski definition) is 2. The molecule has 19 heavy (non-hydrogen) atoms. The second-order valence-electron chi connectivity index (χ2n) is 4.05. The molecular weight excluding hydrogens is 244 g/mol. The average molecular weight is 258 g/mol. The van der Waals surface area contributed by atoms with E-state index in [4.69, 9.17) is 9.84 Å². The van der Waals surface area contributed by atoms with Gasteiger partial charge in [0.2, 0.25) is 6.10 Å². The predicted molar refractivity (Wildman–Crippen MR) is 69.8 cm³/mol. The minimum Gasteiger partial charge on any atom is -0.478 e. The number of rotatable bonds is 5. The number of carboxylic acid groups (broad SMARTS) is 1. The lowest BCUT2D eigenvalue weighted by Crippen LogP contribution is -2.18. The van der Waals surface area contributed by atoms with Crippen molar-refractivity contribution >= 4 is 5.97 Å². The second-order valence-corrected chi connectivity index (χ2v) is 4.05. The second kappa shape index (κ2) is 6.02. The number of carboxylic acids is 1. The van der Waals surface area contributed by atoms with Gasteiger partial charge in [0, 0.05) is 5.56 Å². The number of ether oxygens (including phenoxy) is 1. The lowest BCUT2D eigenvalue weighted by Gasteiger charge is -2.15. The summed E-state index contributed by atoms with van der Waals surface area (Å²) in [4.78, 5) is 11.3. The molecule has 0 radical (unpaired) electrons. The Bertz CT molecular complexity index is 551. The van der Waals surface area contributed by atoms with Crippen molar-refractivity contribution in [2.45, 2.75) is 12.7 Å². The van der Waals surface area contributed by atoms with Crippen LogP contribution in [0.4, 0.5) is 0 Å². The fourth-order valence-electron chi connectivity index (χ4n) is 1.74. The van der Waals surface area contributed by atoms with Crippen LogP contribution in [-0.2, 0) is 11.4 Å². The highest BCUT2D eigenvalue weighted by Crippen LogP contribution is 2.23. The summed E-state index contributed by atoms with van der Waals surface area (Å²) in [6, 6.07) is 15.5. The van der Waals surface area contributed by atoms with Gasteiger partial charge in [-0.25, -0.2) is 4.79 Å². The maximum Gasteiger partial charge on any atom is 0.349 e. The van der Waals surface area contributed by atoms with Gasteiger partial charge in [-0.3, -0.25) is 0 Å². The SMILES string of the molecule is O=C(O)C(Oc1cccc(CO)c1)c1ccccc1. The first kappa shape index (κ1) is 13.1. The fraction of sp³-hybridized carbons (Fsp3) is 0.133. The number of benzene rings is 2. The first-order chi connectivity index (χ1) is 9.20. The quantitative estimate of drug-likeness (QED) is 0.864. The Hall–Kier alpha value is -2.33. The van der Waals surface area contributed by atoms with Gasteiger partial charge in [-0.05, 0) is 17.7 Å². The van der Waals surface area contributed by atoms with Crippen molar-refractivity contribution < 1.29 is 19.7 Å². The minimum absolute atomic E-state index is 0.111. The standard InChI is InChI=1S/C15H14O4/c16-10-11-5-4-8-13(9-11)19-14(15(17)18)12-6-2-1-3-7-12/h1-9,14,16H,10H2,(H,17,18). The Morgan fingerprint density at radius 2 is 1.84 bits per heavy atom. The van der Waals surface area contributed by atoms with E-state index in [1.54, 1.807) is 48.5 Å². The molecule has 0 fully saturated rings. The van der Waals surface area contributed by atoms with Gasteiger partial charge in [-0.15, -0.1) is 0 Å². The largest absolute Gasteiger partial charge is 0.478 e. The number of aliphatic hydroxyl groups is 1. The average Bonchev–Trinajstić information content (AvgIpc) is 2.45. The van der Waals surface area contributed by atoms with E-state index in [9.17, 15) is 9.90 Å². The molecule has 4 nitrogen and oxygen atoms in total. The maximum absolute atomic E-state index is 11.3. The lowest BCUT2D eigenvalue weighted by atomic mass is 10.1. The zero-order valence-electron chi connectivity index (χ0n) is 10.2. The molecule has 0 heterocycles. The monoisotopic (exact) mass is 258 g/mol. The van der Waals surface area contributed by atoms with Crippen LogP contribution >= 0.6 is 0 Å². The highest BCUT2D eigenvalue weighted by Gasteiger charge is 2.21. The third-order valence-electron chi connectivity index (χ3n) is 2.66. The van der Waals surface area contributed by atoms with E-state index in [0.29, 0.717) is 16.9 Å². The zero-order chi connectivity index (χ0) is 13.7. The molecule has 0 amide bonds. The first-order valence-corrected chi connectivity index (χ1v) is 5.85. The first-order valence-electron chi connectivity index (χ1n) is 5.85. The van der Waals surface area contributed by atoms with Gasteiger partial charge in [0.05, 0.1) is 6.61 Å². The van der Waals surface area contributed by atoms with Crippen molar-refractivity contribution in [2.75, 3.05) is 0 Å². The van der Waals surface area contributed by atoms with Crippen LogP contribution in [0.1, 0.15) is 17.2 Å². The third kappa shape index (κ3) is 3.33. The van der Waals surface area contributed by atoms with Crippen molar-refractivity contribution in [3.05, 3.63) is 65.7 Å². The molecule has 4 heteroatoms. The molecule has 1 unspecified atom stereocenters. The van der Waals surface area contributed by atoms with Crippen LogP contribution in [0.5, 0.6) is 5.75 Å². The Kier molecular flexibility index (Phi) is 4.15. The summed E-state index contributed by atoms with van der Waals surface area (Å²) < 4.78 is 5.49. The highest BCUT2D eigenvalue weighted by molar-refractivity contribution is 5.74. The smallest absolute Gasteiger partial charge is 0.349 e. The molecule has 2 aromatic carbocycles. The zero-order valence-corrected chi connectivity index (χ0v) is 10.2. The van der Waals surface area contributed by atoms with E-state index in [1.807, 2.05) is 6.07 Å². The Balaban J connectivity index is 2.24. The van der Waals surface area contributed by atoms with Crippen molar-refractivity contribution in [1.82, 2.24) is 0 Å². The summed E-state index contributed by atoms with van der Waals surface area (Å²) in [7, 11) is 0. The Morgan fingerprint density at radius 1 is 1.11 bits per heavy atom. The molecule has 0 aliphatic heterocycles. The van der Waals surface area contributed by atoms with Gasteiger partial charge in [-0.2, -0.15) is 0 Å². The van der Waals surface area contributed by atoms with Crippen LogP contribution in [0, 0.1) is 0 Å². The Labute approximate surface area is 110 Å². The minimum atomic E-state index is -1.06. The van der Waals surface area contributed by atoms with Crippen LogP contribution in [0.2, 0.25) is 0 Å². The topological polar surface area (TPSA) is 66.8 Å². The fourth-order valence-corrected chi connectivity index (χ4v) is 1.74. The number of hydrogen-bond acceptors (Lipinski definition) is 3. The van der Waals surface area contributed by atoms with E-state index < -0.39 is 12.1 Å². The molecule has 2 N–H and O–H groups in total. The van der Waals surface area contributed by atoms with Gasteiger partial charge in [0.25, 0.3) is 0 Å². The predicted octanol–water partition coefficient (Wildman–Crippen LogP) is 2.38. The molecule has 2 rings (SSSR count). The van der Waals surface area contributed by atoms with E-state index >= 15 is 0 Å². The van der Waals surface area contributed by atoms with Gasteiger partial charge >= 0.3 is 5.97 Å². The molecule has 0 aliphatic rings. The van der Waals surface area contributed by atoms with E-state index in [1.165, 1.54) is 0 Å². The molecule has 98 valence electrons. The van der Waals surface area contributed by atoms with Crippen LogP contribution < -0.4 is 4.74 Å². The lowest BCUT2D eigenvalue weighted by molar-refractivity contribution is -0.145. The van der Waals surface area contributed by atoms with Gasteiger partial charge < -0.3 is 14.9 Å². The van der Waals surface area contributed by atoms with Crippen LogP contribution in [0.3, 0.4) is 0 Å². The Morgan fingerprint density at radius 3 is 2.47 bits per heavy atom. The summed E-state index contributed by atoms with van der Waals surface area (Å²) in [5.41, 5.74) is 1.25. The number of aliphatic hydroxyl groups excluding tert-OH is 1. The van der Waals surface area contributed by atoms with Crippen LogP contribution in [0.25, 0.3) is 0 Å². The van der Waals surface area contributed by atoms with E-state index in [2.05, 4.69) is 0 Å². The molecule has 2 aromatic rings. The molecule has 0 saturated heterocycles. The van der Waals surface area contributed by atoms with Crippen molar-refractivity contribution in [3.63, 3.8) is 0 Å². The van der Waals surface area contributed by atoms with Gasteiger partial charge in [0.15, 0.2) is 0 Å². The maximum atomic E-state index is 11.3. The van der Waals surface area contributed by atoms with Gasteiger partial charge in [-0.1, -0.05) is 42.5 Å². The summed E-state index contributed by atoms with van der Waals surface area (Å²) >= 11 is 0. The molecule has 0 saturated carbocycles. The van der Waals surface area contributed by atoms with Crippen molar-refractivity contribution in [1.29, 1.82) is 0 Å². The molecular formula is C15H14O4. The normalized spacial score (nSPS) is 11.8. The van der Waals surface area contributed by atoms with E-state index in [-0.39, 0.29) is 6.61 Å². The van der Waals surface area contributed by atoms with Crippen LogP contribution in [0.15, 0.2) is 54.6 Å².